The van der Waals surface area contributed by atoms with Gasteiger partial charge in [0.2, 0.25) is 5.91 Å². The van der Waals surface area contributed by atoms with Crippen molar-refractivity contribution in [3.05, 3.63) is 23.9 Å². The van der Waals surface area contributed by atoms with Gasteiger partial charge in [-0.15, -0.1) is 0 Å². The molecule has 1 aromatic heterocycles. The van der Waals surface area contributed by atoms with Crippen LogP contribution < -0.4 is 4.90 Å². The number of carbonyl (C=O) groups excluding carboxylic acids is 1. The van der Waals surface area contributed by atoms with E-state index in [1.54, 1.807) is 11.9 Å². The Balaban J connectivity index is 1.91. The van der Waals surface area contributed by atoms with Gasteiger partial charge in [0.05, 0.1) is 12.6 Å². The van der Waals surface area contributed by atoms with Gasteiger partial charge in [-0.05, 0) is 38.3 Å². The number of likely N-dealkylation sites (N-methyl/N-ethyl adjacent to an activating group) is 1. The molecule has 1 aliphatic heterocycles. The predicted octanol–water partition coefficient (Wildman–Crippen LogP) is 1.45. The van der Waals surface area contributed by atoms with Crippen molar-refractivity contribution >= 4 is 11.7 Å². The van der Waals surface area contributed by atoms with Gasteiger partial charge in [0.25, 0.3) is 0 Å². The van der Waals surface area contributed by atoms with Crippen LogP contribution in [-0.4, -0.2) is 53.7 Å². The summed E-state index contributed by atoms with van der Waals surface area (Å²) in [6.07, 6.45) is 3.57. The molecule has 1 saturated heterocycles. The molecule has 0 spiro atoms. The normalized spacial score (nSPS) is 17.6. The van der Waals surface area contributed by atoms with Crippen molar-refractivity contribution in [1.82, 2.24) is 9.88 Å². The monoisotopic (exact) mass is 291 g/mol. The molecule has 1 atom stereocenters. The van der Waals surface area contributed by atoms with E-state index in [2.05, 4.69) is 16.0 Å². The lowest BCUT2D eigenvalue weighted by atomic mass is 9.95. The molecular weight excluding hydrogens is 266 g/mol. The van der Waals surface area contributed by atoms with Gasteiger partial charge in [0, 0.05) is 32.3 Å². The molecule has 0 aliphatic carbocycles. The van der Waals surface area contributed by atoms with Gasteiger partial charge in [-0.1, -0.05) is 6.07 Å². The number of aromatic nitrogens is 1. The van der Waals surface area contributed by atoms with E-state index in [1.165, 1.54) is 0 Å². The van der Waals surface area contributed by atoms with Crippen molar-refractivity contribution in [2.24, 2.45) is 5.92 Å². The van der Waals surface area contributed by atoms with Crippen LogP contribution in [0.4, 0.5) is 5.82 Å². The second kappa shape index (κ2) is 6.89. The van der Waals surface area contributed by atoms with Gasteiger partial charge >= 0.3 is 0 Å². The molecule has 1 fully saturated rings. The summed E-state index contributed by atoms with van der Waals surface area (Å²) in [5.41, 5.74) is 1.16. The Morgan fingerprint density at radius 1 is 1.48 bits per heavy atom. The fourth-order valence-electron chi connectivity index (χ4n) is 2.63. The second-order valence-corrected chi connectivity index (χ2v) is 5.94. The van der Waals surface area contributed by atoms with Crippen LogP contribution in [0.5, 0.6) is 0 Å². The summed E-state index contributed by atoms with van der Waals surface area (Å²) in [7, 11) is 1.77. The van der Waals surface area contributed by atoms with Gasteiger partial charge in [-0.3, -0.25) is 4.79 Å². The highest BCUT2D eigenvalue weighted by molar-refractivity contribution is 5.79. The summed E-state index contributed by atoms with van der Waals surface area (Å²) < 4.78 is 0. The third kappa shape index (κ3) is 3.73. The average Bonchev–Trinajstić information content (AvgIpc) is 2.53. The topological polar surface area (TPSA) is 56.7 Å². The Bertz CT molecular complexity index is 467. The number of nitrogens with zero attached hydrogens (tertiary/aromatic N) is 3. The lowest BCUT2D eigenvalue weighted by molar-refractivity contribution is -0.137. The molecule has 0 radical (unpaired) electrons. The zero-order chi connectivity index (χ0) is 15.4. The number of anilines is 1. The van der Waals surface area contributed by atoms with Crippen molar-refractivity contribution in [3.8, 4) is 0 Å². The van der Waals surface area contributed by atoms with Crippen LogP contribution in [0.2, 0.25) is 0 Å². The van der Waals surface area contributed by atoms with Gasteiger partial charge < -0.3 is 14.9 Å². The minimum atomic E-state index is -0.116. The lowest BCUT2D eigenvalue weighted by Gasteiger charge is -2.35. The Kier molecular flexibility index (Phi) is 5.17. The standard InChI is InChI=1S/C16H25N3O2/c1-12-4-5-15(17-10-12)19-8-6-14(7-9-19)16(21)18(3)13(2)11-20/h4-5,10,13-14,20H,6-9,11H2,1-3H3. The molecular formula is C16H25N3O2. The molecule has 2 heterocycles. The number of rotatable bonds is 4. The van der Waals surface area contributed by atoms with E-state index in [1.807, 2.05) is 26.1 Å². The summed E-state index contributed by atoms with van der Waals surface area (Å²) in [5, 5.41) is 9.16. The quantitative estimate of drug-likeness (QED) is 0.912. The molecule has 0 saturated carbocycles. The maximum atomic E-state index is 12.4. The number of pyridine rings is 1. The van der Waals surface area contributed by atoms with Crippen LogP contribution in [0.15, 0.2) is 18.3 Å². The van der Waals surface area contributed by atoms with E-state index in [9.17, 15) is 4.79 Å². The summed E-state index contributed by atoms with van der Waals surface area (Å²) in [6.45, 7) is 5.61. The van der Waals surface area contributed by atoms with Crippen molar-refractivity contribution in [2.75, 3.05) is 31.6 Å². The smallest absolute Gasteiger partial charge is 0.225 e. The highest BCUT2D eigenvalue weighted by Crippen LogP contribution is 2.23. The summed E-state index contributed by atoms with van der Waals surface area (Å²) in [6, 6.07) is 3.99. The molecule has 116 valence electrons. The first kappa shape index (κ1) is 15.8. The van der Waals surface area contributed by atoms with E-state index in [0.29, 0.717) is 0 Å². The molecule has 1 aromatic rings. The Morgan fingerprint density at radius 3 is 2.67 bits per heavy atom. The highest BCUT2D eigenvalue weighted by Gasteiger charge is 2.29. The molecule has 21 heavy (non-hydrogen) atoms. The van der Waals surface area contributed by atoms with Crippen LogP contribution >= 0.6 is 0 Å². The fraction of sp³-hybridized carbons (Fsp3) is 0.625. The third-order valence-electron chi connectivity index (χ3n) is 4.34. The van der Waals surface area contributed by atoms with Crippen LogP contribution in [0.3, 0.4) is 0 Å². The first-order valence-electron chi connectivity index (χ1n) is 7.58. The molecule has 0 bridgehead atoms. The Labute approximate surface area is 126 Å². The van der Waals surface area contributed by atoms with Crippen molar-refractivity contribution in [2.45, 2.75) is 32.7 Å². The number of aryl methyl sites for hydroxylation is 1. The van der Waals surface area contributed by atoms with Gasteiger partial charge in [0.1, 0.15) is 5.82 Å². The van der Waals surface area contributed by atoms with Crippen molar-refractivity contribution in [1.29, 1.82) is 0 Å². The lowest BCUT2D eigenvalue weighted by Crippen LogP contribution is -2.45. The van der Waals surface area contributed by atoms with Gasteiger partial charge in [0.15, 0.2) is 0 Å². The third-order valence-corrected chi connectivity index (χ3v) is 4.34. The average molecular weight is 291 g/mol. The minimum Gasteiger partial charge on any atom is -0.394 e. The Morgan fingerprint density at radius 2 is 2.14 bits per heavy atom. The Hall–Kier alpha value is -1.62. The minimum absolute atomic E-state index is 0.00830. The largest absolute Gasteiger partial charge is 0.394 e. The molecule has 1 amide bonds. The van der Waals surface area contributed by atoms with E-state index in [0.717, 1.165) is 37.3 Å². The number of amides is 1. The maximum absolute atomic E-state index is 12.4. The van der Waals surface area contributed by atoms with E-state index < -0.39 is 0 Å². The maximum Gasteiger partial charge on any atom is 0.225 e. The van der Waals surface area contributed by atoms with E-state index in [-0.39, 0.29) is 24.5 Å². The number of carbonyl (C=O) groups is 1. The van der Waals surface area contributed by atoms with Crippen LogP contribution in [0.25, 0.3) is 0 Å². The first-order valence-corrected chi connectivity index (χ1v) is 7.58. The van der Waals surface area contributed by atoms with Crippen molar-refractivity contribution < 1.29 is 9.90 Å². The molecule has 1 unspecified atom stereocenters. The number of aliphatic hydroxyl groups is 1. The zero-order valence-electron chi connectivity index (χ0n) is 13.1. The van der Waals surface area contributed by atoms with Crippen LogP contribution in [-0.2, 0) is 4.79 Å². The molecule has 0 aromatic carbocycles. The highest BCUT2D eigenvalue weighted by atomic mass is 16.3. The zero-order valence-corrected chi connectivity index (χ0v) is 13.1. The summed E-state index contributed by atoms with van der Waals surface area (Å²) >= 11 is 0. The van der Waals surface area contributed by atoms with Crippen molar-refractivity contribution in [3.63, 3.8) is 0 Å². The van der Waals surface area contributed by atoms with Crippen LogP contribution in [0, 0.1) is 12.8 Å². The molecule has 5 nitrogen and oxygen atoms in total. The summed E-state index contributed by atoms with van der Waals surface area (Å²) in [4.78, 5) is 20.7. The second-order valence-electron chi connectivity index (χ2n) is 5.94. The van der Waals surface area contributed by atoms with Crippen LogP contribution in [0.1, 0.15) is 25.3 Å². The number of piperidine rings is 1. The molecule has 2 rings (SSSR count). The number of hydrogen-bond acceptors (Lipinski definition) is 4. The molecule has 1 N–H and O–H groups in total. The predicted molar refractivity (Wildman–Crippen MR) is 83.2 cm³/mol. The fourth-order valence-corrected chi connectivity index (χ4v) is 2.63. The number of hydrogen-bond donors (Lipinski definition) is 1. The first-order chi connectivity index (χ1) is 10.0. The van der Waals surface area contributed by atoms with E-state index >= 15 is 0 Å². The molecule has 1 aliphatic rings. The molecule has 5 heteroatoms. The summed E-state index contributed by atoms with van der Waals surface area (Å²) in [5.74, 6) is 1.20. The SMILES string of the molecule is Cc1ccc(N2CCC(C(=O)N(C)C(C)CO)CC2)nc1. The number of aliphatic hydroxyl groups excluding tert-OH is 1. The van der Waals surface area contributed by atoms with Gasteiger partial charge in [-0.25, -0.2) is 4.98 Å². The van der Waals surface area contributed by atoms with Gasteiger partial charge in [-0.2, -0.15) is 0 Å². The van der Waals surface area contributed by atoms with E-state index in [4.69, 9.17) is 5.11 Å².